The summed E-state index contributed by atoms with van der Waals surface area (Å²) in [7, 11) is 1.96. The highest BCUT2D eigenvalue weighted by molar-refractivity contribution is 5.96. The summed E-state index contributed by atoms with van der Waals surface area (Å²) in [4.78, 5) is 19.2. The number of aromatic nitrogens is 4. The van der Waals surface area contributed by atoms with E-state index in [1.54, 1.807) is 12.5 Å². The number of rotatable bonds is 4. The van der Waals surface area contributed by atoms with Gasteiger partial charge in [0.25, 0.3) is 5.91 Å². The molecule has 0 bridgehead atoms. The van der Waals surface area contributed by atoms with E-state index in [-0.39, 0.29) is 17.9 Å². The molecule has 1 fully saturated rings. The molecule has 3 aromatic rings. The number of carbonyl (C=O) groups is 1. The molecule has 134 valence electrons. The molecule has 1 aliphatic heterocycles. The number of amides is 1. The molecule has 26 heavy (non-hydrogen) atoms. The first-order valence-corrected chi connectivity index (χ1v) is 8.70. The van der Waals surface area contributed by atoms with Gasteiger partial charge in [-0.15, -0.1) is 0 Å². The van der Waals surface area contributed by atoms with E-state index in [1.807, 2.05) is 63.9 Å². The molecule has 0 spiro atoms. The summed E-state index contributed by atoms with van der Waals surface area (Å²) < 4.78 is 3.80. The fraction of sp³-hybridized carbons (Fsp3) is 0.316. The lowest BCUT2D eigenvalue weighted by Gasteiger charge is -2.18. The van der Waals surface area contributed by atoms with Crippen LogP contribution in [0, 0.1) is 0 Å². The minimum absolute atomic E-state index is 0.0212. The maximum atomic E-state index is 13.2. The Kier molecular flexibility index (Phi) is 4.30. The Labute approximate surface area is 152 Å². The maximum Gasteiger partial charge on any atom is 0.254 e. The summed E-state index contributed by atoms with van der Waals surface area (Å²) in [5.74, 6) is 0.123. The Morgan fingerprint density at radius 2 is 2.12 bits per heavy atom. The van der Waals surface area contributed by atoms with Crippen LogP contribution in [0.2, 0.25) is 0 Å². The van der Waals surface area contributed by atoms with Gasteiger partial charge in [0.05, 0.1) is 12.9 Å². The number of nitrogens with zero attached hydrogens (tertiary/aromatic N) is 5. The average Bonchev–Trinajstić information content (AvgIpc) is 3.37. The lowest BCUT2D eigenvalue weighted by Crippen LogP contribution is -2.32. The van der Waals surface area contributed by atoms with Gasteiger partial charge in [-0.2, -0.15) is 5.10 Å². The third-order valence-electron chi connectivity index (χ3n) is 5.03. The van der Waals surface area contributed by atoms with Crippen molar-refractivity contribution in [3.05, 3.63) is 72.1 Å². The largest absolute Gasteiger partial charge is 0.337 e. The minimum Gasteiger partial charge on any atom is -0.337 e. The quantitative estimate of drug-likeness (QED) is 0.767. The minimum atomic E-state index is -0.0902. The van der Waals surface area contributed by atoms with Crippen molar-refractivity contribution in [3.63, 3.8) is 0 Å². The second-order valence-electron chi connectivity index (χ2n) is 6.77. The molecular formula is C19H22N6O. The van der Waals surface area contributed by atoms with Crippen LogP contribution < -0.4 is 5.73 Å². The number of likely N-dealkylation sites (tertiary alicyclic amines) is 1. The van der Waals surface area contributed by atoms with Gasteiger partial charge in [0.1, 0.15) is 0 Å². The Morgan fingerprint density at radius 1 is 1.27 bits per heavy atom. The molecule has 0 aliphatic carbocycles. The van der Waals surface area contributed by atoms with E-state index < -0.39 is 0 Å². The van der Waals surface area contributed by atoms with Crippen LogP contribution in [0.25, 0.3) is 0 Å². The molecule has 0 radical (unpaired) electrons. The third-order valence-corrected chi connectivity index (χ3v) is 5.03. The monoisotopic (exact) mass is 350 g/mol. The highest BCUT2D eigenvalue weighted by Gasteiger charge is 2.36. The SMILES string of the molecule is Cn1cncc1[C@@H]1CN(C(=O)c2ccccc2Cn2cccn2)C[C@H]1N. The van der Waals surface area contributed by atoms with Crippen molar-refractivity contribution in [2.75, 3.05) is 13.1 Å². The van der Waals surface area contributed by atoms with Gasteiger partial charge in [0, 0.05) is 61.9 Å². The zero-order valence-corrected chi connectivity index (χ0v) is 14.7. The lowest BCUT2D eigenvalue weighted by atomic mass is 10.0. The molecule has 2 aromatic heterocycles. The van der Waals surface area contributed by atoms with E-state index in [2.05, 4.69) is 10.1 Å². The van der Waals surface area contributed by atoms with E-state index in [1.165, 1.54) is 0 Å². The van der Waals surface area contributed by atoms with Crippen LogP contribution in [0.5, 0.6) is 0 Å². The van der Waals surface area contributed by atoms with Gasteiger partial charge in [-0.05, 0) is 17.7 Å². The summed E-state index contributed by atoms with van der Waals surface area (Å²) in [6.45, 7) is 1.72. The van der Waals surface area contributed by atoms with Crippen LogP contribution in [-0.2, 0) is 13.6 Å². The summed E-state index contributed by atoms with van der Waals surface area (Å²) in [5.41, 5.74) is 9.08. The van der Waals surface area contributed by atoms with Gasteiger partial charge in [0.15, 0.2) is 0 Å². The van der Waals surface area contributed by atoms with E-state index in [4.69, 9.17) is 5.73 Å². The Hall–Kier alpha value is -2.93. The lowest BCUT2D eigenvalue weighted by molar-refractivity contribution is 0.0787. The van der Waals surface area contributed by atoms with Gasteiger partial charge in [-0.3, -0.25) is 9.48 Å². The van der Waals surface area contributed by atoms with Crippen molar-refractivity contribution in [1.82, 2.24) is 24.2 Å². The fourth-order valence-corrected chi connectivity index (χ4v) is 3.64. The number of hydrogen-bond donors (Lipinski definition) is 1. The van der Waals surface area contributed by atoms with Crippen LogP contribution in [0.4, 0.5) is 0 Å². The van der Waals surface area contributed by atoms with E-state index in [0.717, 1.165) is 11.3 Å². The highest BCUT2D eigenvalue weighted by Crippen LogP contribution is 2.27. The Bertz CT molecular complexity index is 900. The smallest absolute Gasteiger partial charge is 0.254 e. The van der Waals surface area contributed by atoms with Crippen molar-refractivity contribution in [2.24, 2.45) is 12.8 Å². The van der Waals surface area contributed by atoms with Gasteiger partial charge in [-0.25, -0.2) is 4.98 Å². The van der Waals surface area contributed by atoms with Crippen LogP contribution in [-0.4, -0.2) is 49.3 Å². The molecule has 1 amide bonds. The summed E-state index contributed by atoms with van der Waals surface area (Å²) in [5, 5.41) is 4.24. The summed E-state index contributed by atoms with van der Waals surface area (Å²) in [6.07, 6.45) is 7.24. The predicted octanol–water partition coefficient (Wildman–Crippen LogP) is 1.23. The first-order chi connectivity index (χ1) is 12.6. The van der Waals surface area contributed by atoms with Crippen LogP contribution in [0.1, 0.15) is 27.5 Å². The van der Waals surface area contributed by atoms with Crippen molar-refractivity contribution in [2.45, 2.75) is 18.5 Å². The zero-order chi connectivity index (χ0) is 18.1. The van der Waals surface area contributed by atoms with Crippen molar-refractivity contribution in [3.8, 4) is 0 Å². The molecule has 2 N–H and O–H groups in total. The maximum absolute atomic E-state index is 13.2. The molecule has 2 atom stereocenters. The zero-order valence-electron chi connectivity index (χ0n) is 14.7. The standard InChI is InChI=1S/C19H22N6O/c1-23-13-21-9-18(23)16-11-24(12-17(16)20)19(26)15-6-3-2-5-14(15)10-25-8-4-7-22-25/h2-9,13,16-17H,10-12,20H2,1H3/t16-,17-/m1/s1. The third kappa shape index (κ3) is 3.01. The number of hydrogen-bond acceptors (Lipinski definition) is 4. The molecule has 7 heteroatoms. The second-order valence-corrected chi connectivity index (χ2v) is 6.77. The van der Waals surface area contributed by atoms with Crippen molar-refractivity contribution >= 4 is 5.91 Å². The normalized spacial score (nSPS) is 19.8. The average molecular weight is 350 g/mol. The first-order valence-electron chi connectivity index (χ1n) is 8.70. The van der Waals surface area contributed by atoms with E-state index in [0.29, 0.717) is 25.2 Å². The highest BCUT2D eigenvalue weighted by atomic mass is 16.2. The molecule has 0 saturated carbocycles. The van der Waals surface area contributed by atoms with Crippen LogP contribution in [0.15, 0.2) is 55.2 Å². The van der Waals surface area contributed by atoms with Crippen LogP contribution in [0.3, 0.4) is 0 Å². The number of carbonyl (C=O) groups excluding carboxylic acids is 1. The molecule has 7 nitrogen and oxygen atoms in total. The van der Waals surface area contributed by atoms with Crippen molar-refractivity contribution in [1.29, 1.82) is 0 Å². The number of aryl methyl sites for hydroxylation is 1. The number of nitrogens with two attached hydrogens (primary N) is 1. The summed E-state index contributed by atoms with van der Waals surface area (Å²) >= 11 is 0. The molecule has 4 rings (SSSR count). The molecule has 1 aliphatic rings. The second kappa shape index (κ2) is 6.76. The topological polar surface area (TPSA) is 82.0 Å². The number of imidazole rings is 1. The summed E-state index contributed by atoms with van der Waals surface area (Å²) in [6, 6.07) is 9.49. The van der Waals surface area contributed by atoms with Gasteiger partial charge >= 0.3 is 0 Å². The predicted molar refractivity (Wildman–Crippen MR) is 97.6 cm³/mol. The van der Waals surface area contributed by atoms with Gasteiger partial charge < -0.3 is 15.2 Å². The Balaban J connectivity index is 1.56. The van der Waals surface area contributed by atoms with E-state index in [9.17, 15) is 4.79 Å². The fourth-order valence-electron chi connectivity index (χ4n) is 3.64. The molecule has 1 saturated heterocycles. The van der Waals surface area contributed by atoms with Crippen molar-refractivity contribution < 1.29 is 4.79 Å². The Morgan fingerprint density at radius 3 is 2.85 bits per heavy atom. The molecule has 3 heterocycles. The van der Waals surface area contributed by atoms with Gasteiger partial charge in [0.2, 0.25) is 0 Å². The van der Waals surface area contributed by atoms with Gasteiger partial charge in [-0.1, -0.05) is 18.2 Å². The molecule has 1 aromatic carbocycles. The van der Waals surface area contributed by atoms with E-state index >= 15 is 0 Å². The number of benzene rings is 1. The first kappa shape index (κ1) is 16.5. The molecular weight excluding hydrogens is 328 g/mol. The molecule has 0 unspecified atom stereocenters. The van der Waals surface area contributed by atoms with Crippen LogP contribution >= 0.6 is 0 Å².